The van der Waals surface area contributed by atoms with Gasteiger partial charge in [0.1, 0.15) is 35.2 Å². The molecular weight excluding hydrogens is 1090 g/mol. The van der Waals surface area contributed by atoms with Gasteiger partial charge in [-0.15, -0.1) is 0 Å². The highest BCUT2D eigenvalue weighted by Gasteiger charge is 2.19. The van der Waals surface area contributed by atoms with Crippen molar-refractivity contribution >= 4 is 0 Å². The monoisotopic (exact) mass is 1210 g/mol. The number of hydrogen-bond donors (Lipinski definition) is 0. The van der Waals surface area contributed by atoms with Gasteiger partial charge in [0.15, 0.2) is 31.0 Å². The summed E-state index contributed by atoms with van der Waals surface area (Å²) in [4.78, 5) is 0. The van der Waals surface area contributed by atoms with Gasteiger partial charge < -0.3 is 0 Å². The average Bonchev–Trinajstić information content (AvgIpc) is 0.838. The molecule has 0 aliphatic rings. The van der Waals surface area contributed by atoms with Crippen molar-refractivity contribution in [2.45, 2.75) is 142 Å². The van der Waals surface area contributed by atoms with Crippen molar-refractivity contribution in [3.63, 3.8) is 0 Å². The van der Waals surface area contributed by atoms with Crippen LogP contribution < -0.4 is 22.8 Å². The number of rotatable bonds is 14. The first-order valence-corrected chi connectivity index (χ1v) is 32.4. The van der Waals surface area contributed by atoms with Gasteiger partial charge in [-0.25, -0.2) is 22.8 Å². The van der Waals surface area contributed by atoms with E-state index in [0.29, 0.717) is 11.8 Å². The zero-order valence-corrected chi connectivity index (χ0v) is 58.6. The minimum absolute atomic E-state index is 0.0492. The largest absolute Gasteiger partial charge is 0.212 e. The molecule has 0 aliphatic carbocycles. The SMILES string of the molecule is Cc1ccccc1-c1cc(CC(C)C)cc[n+]1C.Cc1ccccc1-c1ccc(CC(C)C)c[n+]1C.[2H]C(C)(C)c1c[n+](C)c(-c2ccccc2C)cc1C.[2H]C([2H])(c1cc[n+](C)c(-c2ccccc2C)c1)C(C)C.[2H]C([2H])(c1ccc(-c2ccccc2C)[n+](C)c1)C(C)C. The van der Waals surface area contributed by atoms with Crippen LogP contribution in [0.5, 0.6) is 0 Å². The fourth-order valence-electron chi connectivity index (χ4n) is 11.4. The zero-order valence-electron chi connectivity index (χ0n) is 63.6. The molecule has 90 heavy (non-hydrogen) atoms. The molecule has 0 unspecified atom stereocenters. The molecule has 10 rings (SSSR count). The zero-order chi connectivity index (χ0) is 70.3. The molecular formula is C85H110N5+5. The Morgan fingerprint density at radius 1 is 0.300 bits per heavy atom. The Hall–Kier alpha value is -8.15. The van der Waals surface area contributed by atoms with Crippen LogP contribution in [0, 0.1) is 65.2 Å². The van der Waals surface area contributed by atoms with E-state index in [1.54, 1.807) is 0 Å². The van der Waals surface area contributed by atoms with Crippen LogP contribution in [0.15, 0.2) is 207 Å². The van der Waals surface area contributed by atoms with Crippen LogP contribution in [0.1, 0.15) is 143 Å². The van der Waals surface area contributed by atoms with Crippen molar-refractivity contribution in [1.29, 1.82) is 0 Å². The second-order valence-electron chi connectivity index (χ2n) is 26.1. The number of aromatic nitrogens is 5. The molecule has 0 N–H and O–H groups in total. The number of pyridine rings is 5. The third kappa shape index (κ3) is 20.7. The number of nitrogens with zero attached hydrogens (tertiary/aromatic N) is 5. The summed E-state index contributed by atoms with van der Waals surface area (Å²) in [5.41, 5.74) is 25.0. The standard InChI is InChI=1S/5C17H22N/c1-12(2)16-11-18(5)17(10-14(16)4)15-9-7-6-8-13(15)3;2*1-13(2)11-15-9-10-18(4)17(12-15)16-8-6-5-7-14(16)3;2*1-13(2)11-15-9-10-17(18(4)12-15)16-8-6-5-7-14(16)3/h6-12H,1-5H3;4*5-10,12-13H,11H2,1-4H3/q5*+1/i12D;11D2;;11D2;. The summed E-state index contributed by atoms with van der Waals surface area (Å²) in [6, 6.07) is 61.0. The van der Waals surface area contributed by atoms with E-state index in [1.807, 2.05) is 126 Å². The van der Waals surface area contributed by atoms with Crippen molar-refractivity contribution in [2.75, 3.05) is 0 Å². The minimum atomic E-state index is -1.31. The van der Waals surface area contributed by atoms with Gasteiger partial charge in [0, 0.05) is 93.8 Å². The van der Waals surface area contributed by atoms with Crippen LogP contribution in [-0.4, -0.2) is 0 Å². The van der Waals surface area contributed by atoms with E-state index in [1.165, 1.54) is 83.8 Å². The van der Waals surface area contributed by atoms with Crippen LogP contribution >= 0.6 is 0 Å². The summed E-state index contributed by atoms with van der Waals surface area (Å²) < 4.78 is 51.7. The lowest BCUT2D eigenvalue weighted by molar-refractivity contribution is -0.661. The third-order valence-corrected chi connectivity index (χ3v) is 16.0. The Morgan fingerprint density at radius 2 is 0.611 bits per heavy atom. The van der Waals surface area contributed by atoms with E-state index >= 15 is 0 Å². The highest BCUT2D eigenvalue weighted by molar-refractivity contribution is 5.64. The maximum absolute atomic E-state index is 8.26. The van der Waals surface area contributed by atoms with Gasteiger partial charge in [0.25, 0.3) is 0 Å². The quantitative estimate of drug-likeness (QED) is 0.0967. The van der Waals surface area contributed by atoms with E-state index in [4.69, 9.17) is 6.85 Å². The maximum atomic E-state index is 8.26. The topological polar surface area (TPSA) is 19.4 Å². The average molecular weight is 1210 g/mol. The Balaban J connectivity index is 0.000000188. The first kappa shape index (κ1) is 63.4. The minimum Gasteiger partial charge on any atom is -0.201 e. The smallest absolute Gasteiger partial charge is 0.201 e. The third-order valence-electron chi connectivity index (χ3n) is 16.0. The highest BCUT2D eigenvalue weighted by atomic mass is 14.9. The van der Waals surface area contributed by atoms with E-state index < -0.39 is 18.6 Å². The van der Waals surface area contributed by atoms with Gasteiger partial charge in [0.2, 0.25) is 28.5 Å². The number of aryl methyl sites for hydroxylation is 11. The summed E-state index contributed by atoms with van der Waals surface area (Å²) in [6.07, 6.45) is 10.0. The lowest BCUT2D eigenvalue weighted by Crippen LogP contribution is -2.32. The molecule has 0 aliphatic heterocycles. The van der Waals surface area contributed by atoms with E-state index in [9.17, 15) is 0 Å². The van der Waals surface area contributed by atoms with E-state index in [0.717, 1.165) is 46.5 Å². The van der Waals surface area contributed by atoms with E-state index in [-0.39, 0.29) is 11.8 Å². The number of hydrogen-bond acceptors (Lipinski definition) is 0. The van der Waals surface area contributed by atoms with Crippen molar-refractivity contribution in [2.24, 2.45) is 58.9 Å². The molecule has 470 valence electrons. The molecule has 5 aromatic carbocycles. The molecule has 0 spiro atoms. The molecule has 0 bridgehead atoms. The van der Waals surface area contributed by atoms with Crippen molar-refractivity contribution in [3.05, 3.63) is 268 Å². The van der Waals surface area contributed by atoms with Gasteiger partial charge in [-0.3, -0.25) is 0 Å². The lowest BCUT2D eigenvalue weighted by Gasteiger charge is -2.11. The van der Waals surface area contributed by atoms with Gasteiger partial charge in [-0.05, 0) is 184 Å². The van der Waals surface area contributed by atoms with Crippen LogP contribution in [0.25, 0.3) is 56.3 Å². The summed E-state index contributed by atoms with van der Waals surface area (Å²) in [5.74, 6) is 0.731. The number of benzene rings is 5. The summed E-state index contributed by atoms with van der Waals surface area (Å²) in [5, 5.41) is 0. The molecule has 5 heterocycles. The van der Waals surface area contributed by atoms with Crippen LogP contribution in [0.2, 0.25) is 0 Å². The molecule has 0 amide bonds. The first-order valence-electron chi connectivity index (χ1n) is 34.9. The van der Waals surface area contributed by atoms with Crippen LogP contribution in [-0.2, 0) is 60.8 Å². The molecule has 0 saturated carbocycles. The Morgan fingerprint density at radius 3 is 0.978 bits per heavy atom. The summed E-state index contributed by atoms with van der Waals surface area (Å²) in [7, 11) is 10.3. The van der Waals surface area contributed by atoms with Gasteiger partial charge >= 0.3 is 0 Å². The van der Waals surface area contributed by atoms with Crippen molar-refractivity contribution in [3.8, 4) is 56.3 Å². The Bertz CT molecular complexity index is 4170. The summed E-state index contributed by atoms with van der Waals surface area (Å²) >= 11 is 0. The predicted octanol–water partition coefficient (Wildman–Crippen LogP) is 18.7. The van der Waals surface area contributed by atoms with E-state index in [2.05, 4.69) is 250 Å². The second kappa shape index (κ2) is 34.2. The fraction of sp³-hybridized carbons (Fsp3) is 0.353. The second-order valence-corrected chi connectivity index (χ2v) is 26.1. The molecule has 5 aromatic heterocycles. The Kier molecular flexibility index (Phi) is 24.1. The molecule has 0 fully saturated rings. The van der Waals surface area contributed by atoms with Crippen LogP contribution in [0.3, 0.4) is 0 Å². The lowest BCUT2D eigenvalue weighted by atomic mass is 9.97. The molecule has 0 atom stereocenters. The molecule has 0 saturated heterocycles. The molecule has 5 nitrogen and oxygen atoms in total. The van der Waals surface area contributed by atoms with Crippen molar-refractivity contribution in [1.82, 2.24) is 0 Å². The Labute approximate surface area is 552 Å². The first-order chi connectivity index (χ1) is 44.6. The van der Waals surface area contributed by atoms with Crippen molar-refractivity contribution < 1.29 is 29.7 Å². The maximum Gasteiger partial charge on any atom is 0.212 e. The predicted molar refractivity (Wildman–Crippen MR) is 382 cm³/mol. The van der Waals surface area contributed by atoms with Gasteiger partial charge in [-0.2, -0.15) is 0 Å². The summed E-state index contributed by atoms with van der Waals surface area (Å²) in [6.45, 7) is 33.3. The molecule has 0 radical (unpaired) electrons. The molecule has 10 aromatic rings. The van der Waals surface area contributed by atoms with Gasteiger partial charge in [-0.1, -0.05) is 160 Å². The van der Waals surface area contributed by atoms with Crippen LogP contribution in [0.4, 0.5) is 0 Å². The fourth-order valence-corrected chi connectivity index (χ4v) is 11.4. The van der Waals surface area contributed by atoms with Gasteiger partial charge in [0.05, 0.1) is 0 Å². The highest BCUT2D eigenvalue weighted by Crippen LogP contribution is 2.27. The normalized spacial score (nSPS) is 12.2. The molecule has 5 heteroatoms.